The fourth-order valence-corrected chi connectivity index (χ4v) is 2.80. The maximum Gasteiger partial charge on any atom is 0.338 e. The SMILES string of the molecule is COc1ccc(C(=O)OCC(=O)N[C@H](C)c2cccs2)cc1[N+](=O)[O-]. The van der Waals surface area contributed by atoms with Crippen LogP contribution in [0.3, 0.4) is 0 Å². The number of carbonyl (C=O) groups is 2. The van der Waals surface area contributed by atoms with E-state index in [1.54, 1.807) is 0 Å². The molecule has 0 aliphatic carbocycles. The van der Waals surface area contributed by atoms with Gasteiger partial charge in [-0.25, -0.2) is 4.79 Å². The Morgan fingerprint density at radius 2 is 2.12 bits per heavy atom. The number of hydrogen-bond acceptors (Lipinski definition) is 7. The minimum atomic E-state index is -0.829. The van der Waals surface area contributed by atoms with Gasteiger partial charge in [0, 0.05) is 10.9 Å². The van der Waals surface area contributed by atoms with E-state index in [2.05, 4.69) is 5.32 Å². The summed E-state index contributed by atoms with van der Waals surface area (Å²) in [4.78, 5) is 35.1. The Labute approximate surface area is 147 Å². The van der Waals surface area contributed by atoms with Crippen molar-refractivity contribution in [3.63, 3.8) is 0 Å². The smallest absolute Gasteiger partial charge is 0.338 e. The molecular formula is C16H16N2O6S. The van der Waals surface area contributed by atoms with Gasteiger partial charge in [0.2, 0.25) is 0 Å². The molecule has 0 aliphatic heterocycles. The fourth-order valence-electron chi connectivity index (χ4n) is 2.07. The quantitative estimate of drug-likeness (QED) is 0.460. The van der Waals surface area contributed by atoms with Crippen LogP contribution in [0.1, 0.15) is 28.2 Å². The number of nitro groups is 1. The van der Waals surface area contributed by atoms with Crippen LogP contribution in [0.25, 0.3) is 0 Å². The molecule has 1 aromatic heterocycles. The monoisotopic (exact) mass is 364 g/mol. The fraction of sp³-hybridized carbons (Fsp3) is 0.250. The van der Waals surface area contributed by atoms with Gasteiger partial charge in [-0.3, -0.25) is 14.9 Å². The third-order valence-corrected chi connectivity index (χ3v) is 4.35. The highest BCUT2D eigenvalue weighted by molar-refractivity contribution is 7.10. The third-order valence-electron chi connectivity index (χ3n) is 3.29. The summed E-state index contributed by atoms with van der Waals surface area (Å²) in [5.41, 5.74) is -0.390. The predicted molar refractivity (Wildman–Crippen MR) is 90.8 cm³/mol. The van der Waals surface area contributed by atoms with Crippen molar-refractivity contribution in [2.45, 2.75) is 13.0 Å². The van der Waals surface area contributed by atoms with Crippen LogP contribution in [0.4, 0.5) is 5.69 Å². The molecule has 2 rings (SSSR count). The van der Waals surface area contributed by atoms with Gasteiger partial charge in [-0.2, -0.15) is 0 Å². The number of ether oxygens (including phenoxy) is 2. The number of hydrogen-bond donors (Lipinski definition) is 1. The lowest BCUT2D eigenvalue weighted by atomic mass is 10.2. The molecule has 1 amide bonds. The first-order valence-electron chi connectivity index (χ1n) is 7.24. The summed E-state index contributed by atoms with van der Waals surface area (Å²) >= 11 is 1.50. The largest absolute Gasteiger partial charge is 0.490 e. The molecule has 1 atom stereocenters. The van der Waals surface area contributed by atoms with Crippen molar-refractivity contribution in [1.29, 1.82) is 0 Å². The van der Waals surface area contributed by atoms with E-state index < -0.39 is 23.4 Å². The number of benzene rings is 1. The normalized spacial score (nSPS) is 11.4. The number of rotatable bonds is 7. The van der Waals surface area contributed by atoms with Crippen LogP contribution in [0, 0.1) is 10.1 Å². The topological polar surface area (TPSA) is 108 Å². The summed E-state index contributed by atoms with van der Waals surface area (Å²) in [6.07, 6.45) is 0. The minimum Gasteiger partial charge on any atom is -0.490 e. The molecule has 0 saturated heterocycles. The van der Waals surface area contributed by atoms with Gasteiger partial charge in [0.25, 0.3) is 5.91 Å². The number of nitro benzene ring substituents is 1. The van der Waals surface area contributed by atoms with Gasteiger partial charge < -0.3 is 14.8 Å². The number of nitrogens with one attached hydrogen (secondary N) is 1. The molecule has 1 heterocycles. The van der Waals surface area contributed by atoms with Crippen molar-refractivity contribution in [3.05, 3.63) is 56.3 Å². The molecule has 8 nitrogen and oxygen atoms in total. The first-order chi connectivity index (χ1) is 11.9. The molecule has 1 aromatic carbocycles. The first-order valence-corrected chi connectivity index (χ1v) is 8.12. The maximum atomic E-state index is 12.0. The highest BCUT2D eigenvalue weighted by Crippen LogP contribution is 2.27. The Kier molecular flexibility index (Phi) is 6.07. The van der Waals surface area contributed by atoms with E-state index in [0.29, 0.717) is 0 Å². The predicted octanol–water partition coefficient (Wildman–Crippen LogP) is 2.70. The second-order valence-electron chi connectivity index (χ2n) is 5.02. The lowest BCUT2D eigenvalue weighted by Crippen LogP contribution is -2.30. The lowest BCUT2D eigenvalue weighted by molar-refractivity contribution is -0.385. The van der Waals surface area contributed by atoms with E-state index in [4.69, 9.17) is 9.47 Å². The summed E-state index contributed by atoms with van der Waals surface area (Å²) in [6, 6.07) is 7.24. The van der Waals surface area contributed by atoms with Crippen molar-refractivity contribution >= 4 is 28.9 Å². The second kappa shape index (κ2) is 8.25. The van der Waals surface area contributed by atoms with Gasteiger partial charge in [-0.05, 0) is 30.5 Å². The van der Waals surface area contributed by atoms with E-state index in [1.807, 2.05) is 24.4 Å². The molecule has 0 unspecified atom stereocenters. The van der Waals surface area contributed by atoms with Gasteiger partial charge >= 0.3 is 11.7 Å². The Morgan fingerprint density at radius 3 is 2.72 bits per heavy atom. The lowest BCUT2D eigenvalue weighted by Gasteiger charge is -2.12. The Hall–Kier alpha value is -2.94. The number of thiophene rings is 1. The van der Waals surface area contributed by atoms with Crippen LogP contribution in [0.15, 0.2) is 35.7 Å². The number of carbonyl (C=O) groups excluding carboxylic acids is 2. The number of methoxy groups -OCH3 is 1. The van der Waals surface area contributed by atoms with Gasteiger partial charge in [0.15, 0.2) is 12.4 Å². The van der Waals surface area contributed by atoms with Gasteiger partial charge in [-0.15, -0.1) is 11.3 Å². The zero-order valence-corrected chi connectivity index (χ0v) is 14.4. The minimum absolute atomic E-state index is 0.0315. The summed E-state index contributed by atoms with van der Waals surface area (Å²) in [7, 11) is 1.29. The van der Waals surface area contributed by atoms with E-state index in [0.717, 1.165) is 10.9 Å². The highest BCUT2D eigenvalue weighted by Gasteiger charge is 2.20. The zero-order valence-electron chi connectivity index (χ0n) is 13.6. The molecule has 0 fully saturated rings. The summed E-state index contributed by atoms with van der Waals surface area (Å²) in [6.45, 7) is 1.34. The molecule has 1 N–H and O–H groups in total. The van der Waals surface area contributed by atoms with Crippen LogP contribution < -0.4 is 10.1 Å². The van der Waals surface area contributed by atoms with Gasteiger partial charge in [0.05, 0.1) is 23.6 Å². The number of esters is 1. The van der Waals surface area contributed by atoms with Crippen LogP contribution in [-0.2, 0) is 9.53 Å². The average molecular weight is 364 g/mol. The van der Waals surface area contributed by atoms with Crippen molar-refractivity contribution in [2.75, 3.05) is 13.7 Å². The number of nitrogens with zero attached hydrogens (tertiary/aromatic N) is 1. The van der Waals surface area contributed by atoms with E-state index in [9.17, 15) is 19.7 Å². The summed E-state index contributed by atoms with van der Waals surface area (Å²) in [5.74, 6) is -1.26. The molecule has 0 bridgehead atoms. The molecule has 0 saturated carbocycles. The molecule has 0 radical (unpaired) electrons. The molecule has 0 aliphatic rings. The van der Waals surface area contributed by atoms with Crippen LogP contribution in [0.5, 0.6) is 5.75 Å². The standard InChI is InChI=1S/C16H16N2O6S/c1-10(14-4-3-7-25-14)17-15(19)9-24-16(20)11-5-6-13(23-2)12(8-11)18(21)22/h3-8,10H,9H2,1-2H3,(H,17,19)/t10-/m1/s1. The molecule has 25 heavy (non-hydrogen) atoms. The van der Waals surface area contributed by atoms with E-state index >= 15 is 0 Å². The number of amides is 1. The molecule has 2 aromatic rings. The Morgan fingerprint density at radius 1 is 1.36 bits per heavy atom. The Balaban J connectivity index is 1.94. The van der Waals surface area contributed by atoms with Gasteiger partial charge in [-0.1, -0.05) is 6.07 Å². The third kappa shape index (κ3) is 4.77. The van der Waals surface area contributed by atoms with Gasteiger partial charge in [0.1, 0.15) is 0 Å². The second-order valence-corrected chi connectivity index (χ2v) is 6.00. The van der Waals surface area contributed by atoms with Crippen LogP contribution in [-0.4, -0.2) is 30.5 Å². The average Bonchev–Trinajstić information content (AvgIpc) is 3.13. The van der Waals surface area contributed by atoms with E-state index in [1.165, 1.54) is 30.6 Å². The molecule has 132 valence electrons. The van der Waals surface area contributed by atoms with Crippen molar-refractivity contribution in [3.8, 4) is 5.75 Å². The molecule has 9 heteroatoms. The van der Waals surface area contributed by atoms with Crippen molar-refractivity contribution < 1.29 is 24.0 Å². The summed E-state index contributed by atoms with van der Waals surface area (Å²) in [5, 5.41) is 15.6. The Bertz CT molecular complexity index is 775. The van der Waals surface area contributed by atoms with Crippen LogP contribution in [0.2, 0.25) is 0 Å². The zero-order chi connectivity index (χ0) is 18.4. The first kappa shape index (κ1) is 18.4. The van der Waals surface area contributed by atoms with Crippen LogP contribution >= 0.6 is 11.3 Å². The highest BCUT2D eigenvalue weighted by atomic mass is 32.1. The van der Waals surface area contributed by atoms with Crippen molar-refractivity contribution in [2.24, 2.45) is 0 Å². The molecule has 0 spiro atoms. The van der Waals surface area contributed by atoms with Crippen molar-refractivity contribution in [1.82, 2.24) is 5.32 Å². The van der Waals surface area contributed by atoms with E-state index in [-0.39, 0.29) is 23.0 Å². The summed E-state index contributed by atoms with van der Waals surface area (Å²) < 4.78 is 9.77. The molecular weight excluding hydrogens is 348 g/mol. The maximum absolute atomic E-state index is 12.0.